The summed E-state index contributed by atoms with van der Waals surface area (Å²) in [4.78, 5) is 0. The Bertz CT molecular complexity index is 255. The van der Waals surface area contributed by atoms with Crippen LogP contribution in [-0.4, -0.2) is 29.0 Å². The Kier molecular flexibility index (Phi) is 10.5. The van der Waals surface area contributed by atoms with Crippen LogP contribution < -0.4 is 0 Å². The molecule has 0 spiro atoms. The molecule has 3 nitrogen and oxygen atoms in total. The Morgan fingerprint density at radius 1 is 1.16 bits per heavy atom. The summed E-state index contributed by atoms with van der Waals surface area (Å²) in [5.74, 6) is 0. The molecule has 0 aliphatic carbocycles. The van der Waals surface area contributed by atoms with E-state index in [2.05, 4.69) is 52.3 Å². The minimum absolute atomic E-state index is 0.484. The number of hydrogen-bond donors (Lipinski definition) is 0. The van der Waals surface area contributed by atoms with E-state index in [0.29, 0.717) is 30.8 Å². The first-order valence-electron chi connectivity index (χ1n) is 7.53. The van der Waals surface area contributed by atoms with E-state index < -0.39 is 8.30 Å². The van der Waals surface area contributed by atoms with Gasteiger partial charge in [0.1, 0.15) is 8.30 Å². The van der Waals surface area contributed by atoms with Crippen LogP contribution >= 0.6 is 8.30 Å². The van der Waals surface area contributed by atoms with Crippen LogP contribution in [0.25, 0.3) is 0 Å². The third kappa shape index (κ3) is 7.25. The van der Waals surface area contributed by atoms with Crippen LogP contribution in [0.4, 0.5) is 0 Å². The first-order valence-corrected chi connectivity index (χ1v) is 8.81. The van der Waals surface area contributed by atoms with Gasteiger partial charge in [-0.3, -0.25) is 4.67 Å². The van der Waals surface area contributed by atoms with Crippen molar-refractivity contribution in [2.75, 3.05) is 6.61 Å². The molecule has 0 rings (SSSR count). The van der Waals surface area contributed by atoms with Gasteiger partial charge in [0, 0.05) is 17.7 Å². The van der Waals surface area contributed by atoms with Gasteiger partial charge in [-0.2, -0.15) is 5.26 Å². The van der Waals surface area contributed by atoms with Gasteiger partial charge in [0.25, 0.3) is 0 Å². The molecule has 0 bridgehead atoms. The van der Waals surface area contributed by atoms with Crippen molar-refractivity contribution in [2.45, 2.75) is 85.0 Å². The van der Waals surface area contributed by atoms with Gasteiger partial charge >= 0.3 is 0 Å². The predicted molar refractivity (Wildman–Crippen MR) is 84.2 cm³/mol. The Morgan fingerprint density at radius 3 is 2.16 bits per heavy atom. The summed E-state index contributed by atoms with van der Waals surface area (Å²) >= 11 is 0. The summed E-state index contributed by atoms with van der Waals surface area (Å²) in [5.41, 5.74) is 0.568. The van der Waals surface area contributed by atoms with Crippen molar-refractivity contribution in [3.05, 3.63) is 0 Å². The maximum absolute atomic E-state index is 8.68. The molecule has 0 aromatic rings. The van der Waals surface area contributed by atoms with Crippen molar-refractivity contribution >= 4 is 8.30 Å². The highest BCUT2D eigenvalue weighted by Crippen LogP contribution is 2.50. The van der Waals surface area contributed by atoms with Crippen molar-refractivity contribution in [1.82, 2.24) is 4.67 Å². The van der Waals surface area contributed by atoms with E-state index in [0.717, 1.165) is 0 Å². The third-order valence-corrected chi connectivity index (χ3v) is 5.91. The van der Waals surface area contributed by atoms with Crippen molar-refractivity contribution in [1.29, 1.82) is 5.26 Å². The highest BCUT2D eigenvalue weighted by atomic mass is 31.2. The zero-order valence-electron chi connectivity index (χ0n) is 13.5. The van der Waals surface area contributed by atoms with Gasteiger partial charge in [-0.25, -0.2) is 0 Å². The molecular weight excluding hydrogens is 255 g/mol. The molecule has 0 radical (unpaired) electrons. The van der Waals surface area contributed by atoms with Crippen molar-refractivity contribution in [2.24, 2.45) is 0 Å². The second-order valence-corrected chi connectivity index (χ2v) is 7.81. The van der Waals surface area contributed by atoms with Crippen LogP contribution in [0.15, 0.2) is 0 Å². The van der Waals surface area contributed by atoms with Crippen LogP contribution in [0, 0.1) is 11.3 Å². The molecule has 0 fully saturated rings. The van der Waals surface area contributed by atoms with E-state index in [4.69, 9.17) is 9.79 Å². The van der Waals surface area contributed by atoms with Crippen LogP contribution in [-0.2, 0) is 4.52 Å². The lowest BCUT2D eigenvalue weighted by atomic mass is 10.2. The molecule has 0 saturated heterocycles. The van der Waals surface area contributed by atoms with Gasteiger partial charge in [0.05, 0.1) is 19.1 Å². The second kappa shape index (κ2) is 10.6. The van der Waals surface area contributed by atoms with E-state index in [9.17, 15) is 0 Å². The first kappa shape index (κ1) is 18.8. The van der Waals surface area contributed by atoms with E-state index >= 15 is 0 Å². The highest BCUT2D eigenvalue weighted by molar-refractivity contribution is 7.50. The molecule has 0 aliphatic rings. The lowest BCUT2D eigenvalue weighted by Crippen LogP contribution is -2.35. The van der Waals surface area contributed by atoms with Crippen LogP contribution in [0.1, 0.15) is 67.2 Å². The number of nitrogens with zero attached hydrogens (tertiary/aromatic N) is 2. The predicted octanol–water partition coefficient (Wildman–Crippen LogP) is 4.93. The molecule has 0 saturated carbocycles. The molecule has 0 aromatic carbocycles. The van der Waals surface area contributed by atoms with Gasteiger partial charge in [0.15, 0.2) is 0 Å². The minimum atomic E-state index is -0.605. The maximum atomic E-state index is 8.68. The summed E-state index contributed by atoms with van der Waals surface area (Å²) < 4.78 is 8.59. The minimum Gasteiger partial charge on any atom is -0.342 e. The van der Waals surface area contributed by atoms with Crippen LogP contribution in [0.2, 0.25) is 0 Å². The van der Waals surface area contributed by atoms with E-state index in [1.807, 2.05) is 0 Å². The summed E-state index contributed by atoms with van der Waals surface area (Å²) in [6, 6.07) is 3.14. The van der Waals surface area contributed by atoms with Crippen LogP contribution in [0.3, 0.4) is 0 Å². The van der Waals surface area contributed by atoms with Crippen molar-refractivity contribution in [3.8, 4) is 6.07 Å². The molecule has 0 aliphatic heterocycles. The van der Waals surface area contributed by atoms with Crippen molar-refractivity contribution in [3.63, 3.8) is 0 Å². The fraction of sp³-hybridized carbons (Fsp3) is 0.933. The number of nitriles is 1. The Morgan fingerprint density at radius 2 is 1.74 bits per heavy atom. The lowest BCUT2D eigenvalue weighted by Gasteiger charge is -2.40. The quantitative estimate of drug-likeness (QED) is 0.422. The Balaban J connectivity index is 4.75. The molecule has 2 atom stereocenters. The lowest BCUT2D eigenvalue weighted by molar-refractivity contribution is 0.251. The summed E-state index contributed by atoms with van der Waals surface area (Å²) in [5, 5.41) is 8.68. The summed E-state index contributed by atoms with van der Waals surface area (Å²) in [6.45, 7) is 14.0. The standard InChI is InChI=1S/C15H31N2OP/c1-7-8-10-15(6)19(18-12-9-11-16)17(13(2)3)14(4)5/h13-15H,7-10,12H2,1-6H3. The average molecular weight is 286 g/mol. The Hall–Kier alpha value is -0.160. The number of hydrogen-bond acceptors (Lipinski definition) is 3. The van der Waals surface area contributed by atoms with Gasteiger partial charge in [0.2, 0.25) is 0 Å². The van der Waals surface area contributed by atoms with E-state index in [1.165, 1.54) is 19.3 Å². The molecular formula is C15H31N2OP. The first-order chi connectivity index (χ1) is 8.95. The van der Waals surface area contributed by atoms with Gasteiger partial charge in [-0.15, -0.1) is 0 Å². The van der Waals surface area contributed by atoms with Crippen LogP contribution in [0.5, 0.6) is 0 Å². The highest BCUT2D eigenvalue weighted by Gasteiger charge is 2.29. The summed E-state index contributed by atoms with van der Waals surface area (Å²) in [6.07, 6.45) is 4.19. The molecule has 0 aromatic heterocycles. The van der Waals surface area contributed by atoms with E-state index in [-0.39, 0.29) is 0 Å². The van der Waals surface area contributed by atoms with Gasteiger partial charge in [-0.1, -0.05) is 26.7 Å². The number of unbranched alkanes of at least 4 members (excludes halogenated alkanes) is 1. The maximum Gasteiger partial charge on any atom is 0.107 e. The largest absolute Gasteiger partial charge is 0.342 e. The summed E-state index contributed by atoms with van der Waals surface area (Å²) in [7, 11) is -0.605. The van der Waals surface area contributed by atoms with Gasteiger partial charge < -0.3 is 4.52 Å². The molecule has 19 heavy (non-hydrogen) atoms. The monoisotopic (exact) mass is 286 g/mol. The molecule has 112 valence electrons. The molecule has 2 unspecified atom stereocenters. The average Bonchev–Trinajstić information content (AvgIpc) is 2.33. The van der Waals surface area contributed by atoms with Gasteiger partial charge in [-0.05, 0) is 34.1 Å². The second-order valence-electron chi connectivity index (χ2n) is 5.60. The van der Waals surface area contributed by atoms with E-state index in [1.54, 1.807) is 0 Å². The smallest absolute Gasteiger partial charge is 0.107 e. The fourth-order valence-electron chi connectivity index (χ4n) is 2.27. The number of rotatable bonds is 10. The SMILES string of the molecule is CCCCC(C)P(OCCC#N)N(C(C)C)C(C)C. The third-order valence-electron chi connectivity index (χ3n) is 3.08. The molecule has 0 amide bonds. The molecule has 4 heteroatoms. The fourth-order valence-corrected chi connectivity index (χ4v) is 4.70. The Labute approximate surface area is 121 Å². The zero-order valence-corrected chi connectivity index (χ0v) is 14.4. The molecule has 0 N–H and O–H groups in total. The molecule has 0 heterocycles. The van der Waals surface area contributed by atoms with Crippen molar-refractivity contribution < 1.29 is 4.52 Å². The normalized spacial score (nSPS) is 14.9. The zero-order chi connectivity index (χ0) is 14.8. The topological polar surface area (TPSA) is 36.3 Å².